The molecule has 0 aliphatic heterocycles. The fourth-order valence-electron chi connectivity index (χ4n) is 1.45. The minimum absolute atomic E-state index is 0.0929. The third-order valence-corrected chi connectivity index (χ3v) is 2.87. The Morgan fingerprint density at radius 2 is 2.14 bits per heavy atom. The lowest BCUT2D eigenvalue weighted by molar-refractivity contribution is 0.550. The lowest BCUT2D eigenvalue weighted by Crippen LogP contribution is -2.10. The lowest BCUT2D eigenvalue weighted by atomic mass is 10.1. The van der Waals surface area contributed by atoms with Crippen molar-refractivity contribution in [1.82, 2.24) is 8.75 Å². The maximum Gasteiger partial charge on any atom is 0.0910 e. The molecule has 1 rings (SSSR count). The summed E-state index contributed by atoms with van der Waals surface area (Å²) in [6, 6.07) is 0.0929. The molecule has 0 aromatic carbocycles. The first-order valence-electron chi connectivity index (χ1n) is 5.37. The highest BCUT2D eigenvalue weighted by Gasteiger charge is 2.07. The Balaban J connectivity index is 2.07. The summed E-state index contributed by atoms with van der Waals surface area (Å²) in [5.41, 5.74) is 6.91. The van der Waals surface area contributed by atoms with Crippen LogP contribution in [0.25, 0.3) is 0 Å². The zero-order chi connectivity index (χ0) is 10.2. The molecular weight excluding hydrogens is 194 g/mol. The third kappa shape index (κ3) is 4.15. The second kappa shape index (κ2) is 6.90. The van der Waals surface area contributed by atoms with Gasteiger partial charge in [-0.15, -0.1) is 0 Å². The van der Waals surface area contributed by atoms with E-state index in [9.17, 15) is 0 Å². The van der Waals surface area contributed by atoms with Crippen LogP contribution in [0.15, 0.2) is 6.20 Å². The molecule has 0 aliphatic rings. The van der Waals surface area contributed by atoms with Gasteiger partial charge in [0.1, 0.15) is 0 Å². The maximum atomic E-state index is 5.96. The Bertz CT molecular complexity index is 223. The predicted molar refractivity (Wildman–Crippen MR) is 60.2 cm³/mol. The molecule has 3 nitrogen and oxygen atoms in total. The van der Waals surface area contributed by atoms with E-state index in [0.29, 0.717) is 0 Å². The van der Waals surface area contributed by atoms with Gasteiger partial charge in [-0.2, -0.15) is 8.75 Å². The molecule has 0 spiro atoms. The fourth-order valence-corrected chi connectivity index (χ4v) is 1.93. The molecule has 1 atom stereocenters. The number of nitrogens with two attached hydrogens (primary N) is 1. The van der Waals surface area contributed by atoms with E-state index in [-0.39, 0.29) is 6.04 Å². The van der Waals surface area contributed by atoms with Gasteiger partial charge in [0.05, 0.1) is 23.6 Å². The van der Waals surface area contributed by atoms with Gasteiger partial charge in [0.2, 0.25) is 0 Å². The third-order valence-electron chi connectivity index (χ3n) is 2.38. The van der Waals surface area contributed by atoms with Gasteiger partial charge >= 0.3 is 0 Å². The van der Waals surface area contributed by atoms with Crippen molar-refractivity contribution >= 4 is 11.7 Å². The Kier molecular flexibility index (Phi) is 5.71. The van der Waals surface area contributed by atoms with E-state index in [1.165, 1.54) is 43.8 Å². The van der Waals surface area contributed by atoms with E-state index in [1.807, 2.05) is 0 Å². The van der Waals surface area contributed by atoms with Crippen molar-refractivity contribution in [3.8, 4) is 0 Å². The lowest BCUT2D eigenvalue weighted by Gasteiger charge is -2.07. The van der Waals surface area contributed by atoms with E-state index in [1.54, 1.807) is 6.20 Å². The van der Waals surface area contributed by atoms with Crippen LogP contribution >= 0.6 is 11.7 Å². The van der Waals surface area contributed by atoms with Crippen LogP contribution < -0.4 is 5.73 Å². The standard InChI is InChI=1S/C10H19N3S/c1-2-3-4-5-6-7-9(11)10-8-12-14-13-10/h8-9H,2-7,11H2,1H3. The van der Waals surface area contributed by atoms with Gasteiger partial charge in [-0.3, -0.25) is 0 Å². The van der Waals surface area contributed by atoms with E-state index in [0.717, 1.165) is 12.1 Å². The normalized spacial score (nSPS) is 13.0. The molecule has 1 aromatic rings. The van der Waals surface area contributed by atoms with Crippen LogP contribution in [0.1, 0.15) is 57.2 Å². The number of rotatable bonds is 7. The molecule has 4 heteroatoms. The maximum absolute atomic E-state index is 5.96. The molecule has 1 unspecified atom stereocenters. The van der Waals surface area contributed by atoms with Crippen LogP contribution in [0.4, 0.5) is 0 Å². The van der Waals surface area contributed by atoms with Crippen molar-refractivity contribution in [3.05, 3.63) is 11.9 Å². The number of hydrogen-bond donors (Lipinski definition) is 1. The van der Waals surface area contributed by atoms with Crippen LogP contribution in [0, 0.1) is 0 Å². The highest BCUT2D eigenvalue weighted by atomic mass is 32.1. The number of hydrogen-bond acceptors (Lipinski definition) is 4. The Morgan fingerprint density at radius 3 is 2.79 bits per heavy atom. The second-order valence-electron chi connectivity index (χ2n) is 3.64. The highest BCUT2D eigenvalue weighted by Crippen LogP contribution is 2.16. The van der Waals surface area contributed by atoms with Crippen LogP contribution in [-0.2, 0) is 0 Å². The first kappa shape index (κ1) is 11.6. The van der Waals surface area contributed by atoms with Crippen LogP contribution in [0.2, 0.25) is 0 Å². The van der Waals surface area contributed by atoms with E-state index in [2.05, 4.69) is 15.7 Å². The number of nitrogens with zero attached hydrogens (tertiary/aromatic N) is 2. The quantitative estimate of drug-likeness (QED) is 0.708. The molecule has 0 radical (unpaired) electrons. The molecule has 0 fully saturated rings. The van der Waals surface area contributed by atoms with Gasteiger partial charge in [-0.05, 0) is 6.42 Å². The topological polar surface area (TPSA) is 51.8 Å². The van der Waals surface area contributed by atoms with Gasteiger partial charge in [0.15, 0.2) is 0 Å². The summed E-state index contributed by atoms with van der Waals surface area (Å²) >= 11 is 1.24. The van der Waals surface area contributed by atoms with Gasteiger partial charge in [0.25, 0.3) is 0 Å². The number of aromatic nitrogens is 2. The number of unbranched alkanes of at least 4 members (excludes halogenated alkanes) is 4. The average Bonchev–Trinajstić information content (AvgIpc) is 2.70. The molecule has 14 heavy (non-hydrogen) atoms. The molecule has 0 amide bonds. The first-order chi connectivity index (χ1) is 6.84. The molecule has 0 bridgehead atoms. The fraction of sp³-hybridized carbons (Fsp3) is 0.800. The van der Waals surface area contributed by atoms with Crippen molar-refractivity contribution in [2.45, 2.75) is 51.5 Å². The molecule has 2 N–H and O–H groups in total. The minimum Gasteiger partial charge on any atom is -0.323 e. The summed E-state index contributed by atoms with van der Waals surface area (Å²) in [5.74, 6) is 0. The Morgan fingerprint density at radius 1 is 1.36 bits per heavy atom. The van der Waals surface area contributed by atoms with Gasteiger partial charge in [-0.25, -0.2) is 0 Å². The molecule has 80 valence electrons. The summed E-state index contributed by atoms with van der Waals surface area (Å²) < 4.78 is 8.09. The molecule has 0 saturated carbocycles. The van der Waals surface area contributed by atoms with E-state index >= 15 is 0 Å². The van der Waals surface area contributed by atoms with Crippen molar-refractivity contribution in [2.24, 2.45) is 5.73 Å². The Hall–Kier alpha value is -0.480. The van der Waals surface area contributed by atoms with Crippen molar-refractivity contribution in [2.75, 3.05) is 0 Å². The molecule has 1 aromatic heterocycles. The summed E-state index contributed by atoms with van der Waals surface area (Å²) in [6.45, 7) is 2.23. The monoisotopic (exact) mass is 213 g/mol. The molecule has 1 heterocycles. The van der Waals surface area contributed by atoms with Crippen molar-refractivity contribution in [1.29, 1.82) is 0 Å². The molecular formula is C10H19N3S. The second-order valence-corrected chi connectivity index (χ2v) is 4.20. The SMILES string of the molecule is CCCCCCCC(N)c1cnsn1. The van der Waals surface area contributed by atoms with E-state index in [4.69, 9.17) is 5.73 Å². The summed E-state index contributed by atoms with van der Waals surface area (Å²) in [6.07, 6.45) is 9.28. The van der Waals surface area contributed by atoms with Crippen LogP contribution in [0.5, 0.6) is 0 Å². The zero-order valence-electron chi connectivity index (χ0n) is 8.78. The largest absolute Gasteiger partial charge is 0.323 e. The summed E-state index contributed by atoms with van der Waals surface area (Å²) in [5, 5.41) is 0. The van der Waals surface area contributed by atoms with Crippen molar-refractivity contribution < 1.29 is 0 Å². The van der Waals surface area contributed by atoms with E-state index < -0.39 is 0 Å². The van der Waals surface area contributed by atoms with Gasteiger partial charge in [-0.1, -0.05) is 39.0 Å². The highest BCUT2D eigenvalue weighted by molar-refractivity contribution is 6.99. The van der Waals surface area contributed by atoms with Crippen LogP contribution in [-0.4, -0.2) is 8.75 Å². The predicted octanol–water partition coefficient (Wildman–Crippen LogP) is 2.90. The Labute approximate surface area is 90.1 Å². The summed E-state index contributed by atoms with van der Waals surface area (Å²) in [7, 11) is 0. The average molecular weight is 213 g/mol. The van der Waals surface area contributed by atoms with Gasteiger partial charge < -0.3 is 5.73 Å². The zero-order valence-corrected chi connectivity index (χ0v) is 9.59. The molecule has 0 aliphatic carbocycles. The first-order valence-corrected chi connectivity index (χ1v) is 6.10. The van der Waals surface area contributed by atoms with Crippen molar-refractivity contribution in [3.63, 3.8) is 0 Å². The molecule has 0 saturated heterocycles. The summed E-state index contributed by atoms with van der Waals surface area (Å²) in [4.78, 5) is 0. The minimum atomic E-state index is 0.0929. The van der Waals surface area contributed by atoms with Crippen LogP contribution in [0.3, 0.4) is 0 Å². The smallest absolute Gasteiger partial charge is 0.0910 e. The van der Waals surface area contributed by atoms with Gasteiger partial charge in [0, 0.05) is 6.04 Å².